The lowest BCUT2D eigenvalue weighted by Crippen LogP contribution is -2.70. The van der Waals surface area contributed by atoms with Crippen LogP contribution in [0.5, 0.6) is 28.7 Å². The first-order valence-electron chi connectivity index (χ1n) is 21.9. The topological polar surface area (TPSA) is 155 Å². The average molecular weight is 887 g/mol. The Morgan fingerprint density at radius 3 is 2.49 bits per heavy atom. The number of carbonyl (C=O) groups is 2. The van der Waals surface area contributed by atoms with Crippen molar-refractivity contribution in [2.45, 2.75) is 95.6 Å². The van der Waals surface area contributed by atoms with Crippen LogP contribution in [0.4, 0.5) is 4.79 Å². The second-order valence-electron chi connectivity index (χ2n) is 17.4. The van der Waals surface area contributed by atoms with Crippen molar-refractivity contribution in [3.8, 4) is 28.7 Å². The summed E-state index contributed by atoms with van der Waals surface area (Å²) in [6.07, 6.45) is 8.67. The van der Waals surface area contributed by atoms with Gasteiger partial charge in [0.05, 0.1) is 24.1 Å². The van der Waals surface area contributed by atoms with E-state index in [0.717, 1.165) is 48.7 Å². The number of fused-ring (bicyclic) bond motifs is 3. The van der Waals surface area contributed by atoms with Crippen LogP contribution in [0.15, 0.2) is 90.1 Å². The largest absolute Gasteiger partial charge is 0.459 e. The minimum atomic E-state index is -1.53. The van der Waals surface area contributed by atoms with E-state index in [0.29, 0.717) is 52.9 Å². The van der Waals surface area contributed by atoms with Gasteiger partial charge in [-0.15, -0.1) is 18.2 Å². The summed E-state index contributed by atoms with van der Waals surface area (Å²) in [6, 6.07) is 17.4. The Bertz CT molecular complexity index is 2150. The van der Waals surface area contributed by atoms with E-state index in [2.05, 4.69) is 12.7 Å². The molecular formula is C49H59ClN2O11. The van der Waals surface area contributed by atoms with Crippen molar-refractivity contribution in [1.82, 2.24) is 4.90 Å². The molecule has 0 aromatic heterocycles. The fourth-order valence-electron chi connectivity index (χ4n) is 9.44. The van der Waals surface area contributed by atoms with Gasteiger partial charge in [0, 0.05) is 43.2 Å². The normalized spacial score (nSPS) is 23.7. The zero-order valence-corrected chi connectivity index (χ0v) is 37.1. The van der Waals surface area contributed by atoms with E-state index in [1.165, 1.54) is 0 Å². The van der Waals surface area contributed by atoms with Gasteiger partial charge in [-0.05, 0) is 112 Å². The van der Waals surface area contributed by atoms with Crippen LogP contribution in [-0.4, -0.2) is 89.7 Å². The molecule has 0 bridgehead atoms. The summed E-state index contributed by atoms with van der Waals surface area (Å²) in [6.45, 7) is 10.2. The molecule has 14 heteroatoms. The first-order valence-corrected chi connectivity index (χ1v) is 22.4. The van der Waals surface area contributed by atoms with Gasteiger partial charge in [-0.2, -0.15) is 0 Å². The van der Waals surface area contributed by atoms with E-state index in [9.17, 15) is 19.8 Å². The predicted molar refractivity (Wildman–Crippen MR) is 238 cm³/mol. The number of aldehydes is 1. The van der Waals surface area contributed by atoms with Crippen molar-refractivity contribution >= 4 is 29.7 Å². The molecule has 2 aliphatic heterocycles. The number of unbranched alkanes of at least 4 members (excludes halogenated alkanes) is 2. The predicted octanol–water partition coefficient (Wildman–Crippen LogP) is 9.33. The molecule has 3 aromatic rings. The maximum absolute atomic E-state index is 14.6. The van der Waals surface area contributed by atoms with Gasteiger partial charge in [-0.25, -0.2) is 4.79 Å². The number of carbonyl (C=O) groups excluding carboxylic acids is 2. The number of hydrogen-bond acceptors (Lipinski definition) is 12. The van der Waals surface area contributed by atoms with Crippen LogP contribution < -0.4 is 18.9 Å². The Kier molecular flexibility index (Phi) is 15.0. The molecule has 0 spiro atoms. The zero-order chi connectivity index (χ0) is 44.6. The minimum Gasteiger partial charge on any atom is -0.459 e. The number of ether oxygens (including phenoxy) is 6. The number of rotatable bonds is 20. The van der Waals surface area contributed by atoms with E-state index in [1.54, 1.807) is 35.2 Å². The summed E-state index contributed by atoms with van der Waals surface area (Å²) in [4.78, 5) is 34.2. The molecule has 6 atom stereocenters. The summed E-state index contributed by atoms with van der Waals surface area (Å²) < 4.78 is 38.1. The second kappa shape index (κ2) is 20.6. The molecule has 338 valence electrons. The molecule has 7 rings (SSSR count). The van der Waals surface area contributed by atoms with Crippen molar-refractivity contribution in [3.63, 3.8) is 0 Å². The quantitative estimate of drug-likeness (QED) is 0.0367. The fourth-order valence-corrected chi connectivity index (χ4v) is 9.52. The molecule has 0 radical (unpaired) electrons. The second-order valence-corrected chi connectivity index (χ2v) is 17.8. The van der Waals surface area contributed by atoms with Crippen molar-refractivity contribution in [1.29, 1.82) is 0 Å². The Hall–Kier alpha value is -5.08. The molecule has 1 amide bonds. The maximum atomic E-state index is 14.6. The Labute approximate surface area is 374 Å². The van der Waals surface area contributed by atoms with E-state index in [-0.39, 0.29) is 69.8 Å². The maximum Gasteiger partial charge on any atom is 0.410 e. The summed E-state index contributed by atoms with van der Waals surface area (Å²) in [5.74, 6) is 0.517. The van der Waals surface area contributed by atoms with Gasteiger partial charge in [0.1, 0.15) is 41.8 Å². The van der Waals surface area contributed by atoms with Crippen molar-refractivity contribution in [2.75, 3.05) is 39.1 Å². The van der Waals surface area contributed by atoms with Crippen LogP contribution in [0, 0.1) is 17.8 Å². The van der Waals surface area contributed by atoms with Gasteiger partial charge >= 0.3 is 6.09 Å². The highest BCUT2D eigenvalue weighted by molar-refractivity contribution is 6.18. The monoisotopic (exact) mass is 886 g/mol. The molecule has 13 nitrogen and oxygen atoms in total. The number of allylic oxidation sites excluding steroid dienone is 1. The standard InChI is InChI=1S/C49H59ClN2O11/c1-5-22-60-49-44(52(47(56)57-23-19-50)29-32-15-17-42-43(25-32)59-31-58-42)28-40(51-63-48(2,3)4)38-26-34(12-6-8-20-53)37(14-7-9-21-54)45(46(38)49)39-27-36(16-18-41(39)62-49)61-35-13-10-11-33(24-35)30-55/h5,10-11,13,15-18,24-27,30,34,37,44-46,53-54H,1,6-9,12,14,19-23,28-29,31H2,2-4H3. The van der Waals surface area contributed by atoms with Gasteiger partial charge in [0.2, 0.25) is 12.6 Å². The lowest BCUT2D eigenvalue weighted by molar-refractivity contribution is -0.256. The van der Waals surface area contributed by atoms with Crippen LogP contribution >= 0.6 is 11.6 Å². The SMILES string of the molecule is C=CCOC12Oc3ccc(Oc4cccc(C=O)c4)cc3C3C(CCCCO)C(CCCCO)C=C(C(=NOC(C)(C)C)CC1N(Cc1ccc4c(c1)OCO4)C(=O)OCCCl)C32. The number of hydrogen-bond donors (Lipinski definition) is 2. The number of aliphatic hydroxyl groups is 2. The summed E-state index contributed by atoms with van der Waals surface area (Å²) in [7, 11) is 0. The third kappa shape index (κ3) is 10.3. The molecule has 3 aromatic carbocycles. The first-order chi connectivity index (χ1) is 30.5. The summed E-state index contributed by atoms with van der Waals surface area (Å²) >= 11 is 6.12. The van der Waals surface area contributed by atoms with Gasteiger partial charge in [0.25, 0.3) is 0 Å². The average Bonchev–Trinajstić information content (AvgIpc) is 3.75. The molecule has 1 saturated carbocycles. The number of halogens is 1. The molecule has 2 aliphatic carbocycles. The number of nitrogens with zero attached hydrogens (tertiary/aromatic N) is 2. The number of oxime groups is 1. The molecule has 0 saturated heterocycles. The molecule has 1 fully saturated rings. The van der Waals surface area contributed by atoms with Crippen LogP contribution in [0.2, 0.25) is 0 Å². The van der Waals surface area contributed by atoms with Gasteiger partial charge in [-0.3, -0.25) is 9.69 Å². The molecule has 6 unspecified atom stereocenters. The Morgan fingerprint density at radius 1 is 0.984 bits per heavy atom. The molecule has 4 aliphatic rings. The first kappa shape index (κ1) is 45.9. The Morgan fingerprint density at radius 2 is 1.75 bits per heavy atom. The zero-order valence-electron chi connectivity index (χ0n) is 36.3. The fraction of sp³-hybridized carbons (Fsp3) is 0.490. The number of aliphatic hydroxyl groups excluding tert-OH is 2. The summed E-state index contributed by atoms with van der Waals surface area (Å²) in [5.41, 5.74) is 3.03. The molecule has 2 heterocycles. The van der Waals surface area contributed by atoms with E-state index in [4.69, 9.17) is 50.0 Å². The van der Waals surface area contributed by atoms with E-state index >= 15 is 0 Å². The molecule has 2 N–H and O–H groups in total. The number of benzene rings is 3. The molecule has 63 heavy (non-hydrogen) atoms. The van der Waals surface area contributed by atoms with Crippen LogP contribution in [0.1, 0.15) is 93.1 Å². The van der Waals surface area contributed by atoms with Gasteiger partial charge < -0.3 is 43.5 Å². The summed E-state index contributed by atoms with van der Waals surface area (Å²) in [5, 5.41) is 24.8. The highest BCUT2D eigenvalue weighted by Gasteiger charge is 2.66. The molecular weight excluding hydrogens is 828 g/mol. The van der Waals surface area contributed by atoms with E-state index in [1.807, 2.05) is 57.2 Å². The van der Waals surface area contributed by atoms with Crippen molar-refractivity contribution < 1.29 is 53.1 Å². The highest BCUT2D eigenvalue weighted by atomic mass is 35.5. The number of alkyl halides is 1. The van der Waals surface area contributed by atoms with Crippen LogP contribution in [0.3, 0.4) is 0 Å². The van der Waals surface area contributed by atoms with Crippen molar-refractivity contribution in [2.24, 2.45) is 22.9 Å². The third-order valence-electron chi connectivity index (χ3n) is 12.0. The number of amides is 1. The van der Waals surface area contributed by atoms with Gasteiger partial charge in [-0.1, -0.05) is 48.3 Å². The van der Waals surface area contributed by atoms with Crippen molar-refractivity contribution in [3.05, 3.63) is 102 Å². The van der Waals surface area contributed by atoms with Crippen LogP contribution in [-0.2, 0) is 20.9 Å². The van der Waals surface area contributed by atoms with E-state index < -0.39 is 29.4 Å². The third-order valence-corrected chi connectivity index (χ3v) is 12.2. The smallest absolute Gasteiger partial charge is 0.410 e. The lowest BCUT2D eigenvalue weighted by atomic mass is 9.55. The Balaban J connectivity index is 1.46. The minimum absolute atomic E-state index is 0.0129. The van der Waals surface area contributed by atoms with Gasteiger partial charge in [0.15, 0.2) is 11.5 Å². The highest BCUT2D eigenvalue weighted by Crippen LogP contribution is 2.62. The lowest BCUT2D eigenvalue weighted by Gasteiger charge is -2.60. The van der Waals surface area contributed by atoms with Crippen LogP contribution in [0.25, 0.3) is 0 Å².